The first-order valence-corrected chi connectivity index (χ1v) is 12.8. The number of rotatable bonds is 8. The number of aliphatic hydroxyl groups excluding tert-OH is 1. The lowest BCUT2D eigenvalue weighted by Gasteiger charge is -2.05. The Kier molecular flexibility index (Phi) is 6.98. The van der Waals surface area contributed by atoms with Crippen molar-refractivity contribution in [3.63, 3.8) is 0 Å². The van der Waals surface area contributed by atoms with Crippen molar-refractivity contribution >= 4 is 33.9 Å². The average molecular weight is 516 g/mol. The molecule has 2 N–H and O–H groups in total. The summed E-state index contributed by atoms with van der Waals surface area (Å²) in [7, 11) is 0. The van der Waals surface area contributed by atoms with Crippen LogP contribution in [0.4, 0.5) is 4.39 Å². The van der Waals surface area contributed by atoms with Gasteiger partial charge in [-0.15, -0.1) is 11.3 Å². The molecule has 0 unspecified atom stereocenters. The Bertz CT molecular complexity index is 1600. The largest absolute Gasteiger partial charge is 0.390 e. The summed E-state index contributed by atoms with van der Waals surface area (Å²) in [5.41, 5.74) is 8.09. The van der Waals surface area contributed by atoms with Gasteiger partial charge in [-0.25, -0.2) is 14.8 Å². The quantitative estimate of drug-likeness (QED) is 0.214. The molecule has 9 heteroatoms. The maximum atomic E-state index is 13.2. The van der Waals surface area contributed by atoms with E-state index in [4.69, 9.17) is 4.98 Å². The van der Waals surface area contributed by atoms with E-state index in [9.17, 15) is 14.3 Å². The molecule has 0 spiro atoms. The zero-order valence-corrected chi connectivity index (χ0v) is 21.3. The van der Waals surface area contributed by atoms with Gasteiger partial charge < -0.3 is 14.2 Å². The molecule has 0 bridgehead atoms. The lowest BCUT2D eigenvalue weighted by atomic mass is 10.1. The summed E-state index contributed by atoms with van der Waals surface area (Å²) in [6.07, 6.45) is 3.76. The van der Waals surface area contributed by atoms with Crippen LogP contribution in [-0.2, 0) is 19.7 Å². The second kappa shape index (κ2) is 10.5. The summed E-state index contributed by atoms with van der Waals surface area (Å²) in [6, 6.07) is 15.8. The molecule has 0 aliphatic carbocycles. The van der Waals surface area contributed by atoms with Gasteiger partial charge in [-0.05, 0) is 61.9 Å². The third kappa shape index (κ3) is 5.09. The van der Waals surface area contributed by atoms with Crippen molar-refractivity contribution in [2.75, 3.05) is 0 Å². The van der Waals surface area contributed by atoms with E-state index >= 15 is 0 Å². The van der Waals surface area contributed by atoms with Crippen molar-refractivity contribution in [2.45, 2.75) is 33.5 Å². The van der Waals surface area contributed by atoms with Crippen molar-refractivity contribution in [3.8, 4) is 10.6 Å². The van der Waals surface area contributed by atoms with E-state index in [1.54, 1.807) is 30.4 Å². The Morgan fingerprint density at radius 2 is 1.97 bits per heavy atom. The topological polar surface area (TPSA) is 84.4 Å². The standard InChI is InChI=1S/C28H26FN5O2S/c1-3-33-15-25(27(36)32-31-18(2)19-6-9-21(29)10-7-19)24-13-20(8-11-26(24)33)28-30-22(17-37-28)14-34-12-4-5-23(34)16-35/h4-13,15,17,35H,3,14,16H2,1-2H3,(H,32,36)/b31-18+. The van der Waals surface area contributed by atoms with E-state index in [-0.39, 0.29) is 18.3 Å². The van der Waals surface area contributed by atoms with Crippen LogP contribution in [0.2, 0.25) is 0 Å². The van der Waals surface area contributed by atoms with Gasteiger partial charge in [-0.3, -0.25) is 4.79 Å². The number of nitrogens with zero attached hydrogens (tertiary/aromatic N) is 4. The Labute approximate surface area is 217 Å². The van der Waals surface area contributed by atoms with Crippen LogP contribution in [0.5, 0.6) is 0 Å². The average Bonchev–Trinajstić information content (AvgIpc) is 3.66. The molecule has 3 heterocycles. The first-order chi connectivity index (χ1) is 18.0. The number of fused-ring (bicyclic) bond motifs is 1. The van der Waals surface area contributed by atoms with Crippen LogP contribution >= 0.6 is 11.3 Å². The first kappa shape index (κ1) is 24.6. The molecule has 2 aromatic carbocycles. The molecule has 0 atom stereocenters. The second-order valence-electron chi connectivity index (χ2n) is 8.64. The second-order valence-corrected chi connectivity index (χ2v) is 9.49. The maximum Gasteiger partial charge on any atom is 0.273 e. The van der Waals surface area contributed by atoms with Crippen LogP contribution in [0.1, 0.15) is 41.2 Å². The van der Waals surface area contributed by atoms with E-state index in [0.29, 0.717) is 24.4 Å². The van der Waals surface area contributed by atoms with Gasteiger partial charge in [-0.1, -0.05) is 12.1 Å². The fourth-order valence-electron chi connectivity index (χ4n) is 4.26. The van der Waals surface area contributed by atoms with Crippen LogP contribution in [0.15, 0.2) is 77.5 Å². The zero-order valence-electron chi connectivity index (χ0n) is 20.5. The number of aliphatic hydroxyl groups is 1. The van der Waals surface area contributed by atoms with Gasteiger partial charge in [-0.2, -0.15) is 5.10 Å². The van der Waals surface area contributed by atoms with Gasteiger partial charge in [0.2, 0.25) is 0 Å². The third-order valence-electron chi connectivity index (χ3n) is 6.27. The van der Waals surface area contributed by atoms with Gasteiger partial charge in [0.1, 0.15) is 10.8 Å². The van der Waals surface area contributed by atoms with Crippen molar-refractivity contribution < 1.29 is 14.3 Å². The Balaban J connectivity index is 1.42. The van der Waals surface area contributed by atoms with Crippen LogP contribution in [-0.4, -0.2) is 30.8 Å². The summed E-state index contributed by atoms with van der Waals surface area (Å²) >= 11 is 1.54. The van der Waals surface area contributed by atoms with Crippen molar-refractivity contribution in [1.82, 2.24) is 19.5 Å². The number of thiazole rings is 1. The summed E-state index contributed by atoms with van der Waals surface area (Å²) in [5.74, 6) is -0.643. The predicted molar refractivity (Wildman–Crippen MR) is 144 cm³/mol. The number of hydrazone groups is 1. The third-order valence-corrected chi connectivity index (χ3v) is 7.21. The monoisotopic (exact) mass is 515 g/mol. The van der Waals surface area contributed by atoms with Crippen LogP contribution < -0.4 is 5.43 Å². The molecule has 0 fully saturated rings. The summed E-state index contributed by atoms with van der Waals surface area (Å²) in [5, 5.41) is 17.4. The maximum absolute atomic E-state index is 13.2. The molecule has 3 aromatic heterocycles. The van der Waals surface area contributed by atoms with E-state index in [2.05, 4.69) is 10.5 Å². The molecule has 0 aliphatic rings. The molecule has 188 valence electrons. The minimum atomic E-state index is -0.323. The summed E-state index contributed by atoms with van der Waals surface area (Å²) in [4.78, 5) is 17.9. The Morgan fingerprint density at radius 1 is 1.16 bits per heavy atom. The molecule has 5 rings (SSSR count). The number of hydrogen-bond donors (Lipinski definition) is 2. The highest BCUT2D eigenvalue weighted by molar-refractivity contribution is 7.13. The highest BCUT2D eigenvalue weighted by atomic mass is 32.1. The van der Waals surface area contributed by atoms with Gasteiger partial charge in [0.05, 0.1) is 30.1 Å². The first-order valence-electron chi connectivity index (χ1n) is 11.9. The van der Waals surface area contributed by atoms with Crippen molar-refractivity contribution in [1.29, 1.82) is 0 Å². The number of hydrogen-bond acceptors (Lipinski definition) is 5. The molecule has 0 radical (unpaired) electrons. The van der Waals surface area contributed by atoms with Gasteiger partial charge in [0, 0.05) is 46.5 Å². The van der Waals surface area contributed by atoms with E-state index in [1.807, 2.05) is 64.2 Å². The fourth-order valence-corrected chi connectivity index (χ4v) is 5.07. The number of halogens is 1. The number of amides is 1. The Morgan fingerprint density at radius 3 is 2.73 bits per heavy atom. The summed E-state index contributed by atoms with van der Waals surface area (Å²) in [6.45, 7) is 5.06. The molecule has 7 nitrogen and oxygen atoms in total. The molecular weight excluding hydrogens is 489 g/mol. The molecule has 1 amide bonds. The van der Waals surface area contributed by atoms with Gasteiger partial charge >= 0.3 is 0 Å². The van der Waals surface area contributed by atoms with E-state index in [0.717, 1.165) is 38.4 Å². The number of carbonyl (C=O) groups excluding carboxylic acids is 1. The van der Waals surface area contributed by atoms with Gasteiger partial charge in [0.15, 0.2) is 0 Å². The number of nitrogens with one attached hydrogen (secondary N) is 1. The number of carbonyl (C=O) groups is 1. The molecule has 0 saturated heterocycles. The highest BCUT2D eigenvalue weighted by Gasteiger charge is 2.17. The number of benzene rings is 2. The minimum Gasteiger partial charge on any atom is -0.390 e. The van der Waals surface area contributed by atoms with Crippen LogP contribution in [0.25, 0.3) is 21.5 Å². The molecule has 0 aliphatic heterocycles. The normalized spacial score (nSPS) is 11.8. The molecule has 0 saturated carbocycles. The van der Waals surface area contributed by atoms with Crippen molar-refractivity contribution in [3.05, 3.63) is 101 Å². The lowest BCUT2D eigenvalue weighted by Crippen LogP contribution is -2.19. The van der Waals surface area contributed by atoms with E-state index < -0.39 is 0 Å². The number of aryl methyl sites for hydroxylation is 1. The highest BCUT2D eigenvalue weighted by Crippen LogP contribution is 2.30. The molecule has 37 heavy (non-hydrogen) atoms. The van der Waals surface area contributed by atoms with Crippen LogP contribution in [0, 0.1) is 5.82 Å². The van der Waals surface area contributed by atoms with E-state index in [1.165, 1.54) is 12.1 Å². The summed E-state index contributed by atoms with van der Waals surface area (Å²) < 4.78 is 17.2. The predicted octanol–water partition coefficient (Wildman–Crippen LogP) is 5.42. The van der Waals surface area contributed by atoms with Crippen LogP contribution in [0.3, 0.4) is 0 Å². The van der Waals surface area contributed by atoms with Crippen molar-refractivity contribution in [2.24, 2.45) is 5.10 Å². The minimum absolute atomic E-state index is 0.0204. The molecule has 5 aromatic rings. The number of aromatic nitrogens is 3. The molecular formula is C28H26FN5O2S. The Hall–Kier alpha value is -4.08. The smallest absolute Gasteiger partial charge is 0.273 e. The lowest BCUT2D eigenvalue weighted by molar-refractivity contribution is 0.0956. The fraction of sp³-hybridized carbons (Fsp3) is 0.179. The van der Waals surface area contributed by atoms with Gasteiger partial charge in [0.25, 0.3) is 5.91 Å². The zero-order chi connectivity index (χ0) is 25.9. The SMILES string of the molecule is CCn1cc(C(=O)N/N=C(\C)c2ccc(F)cc2)c2cc(-c3nc(Cn4cccc4CO)cs3)ccc21.